The van der Waals surface area contributed by atoms with E-state index >= 15 is 0 Å². The summed E-state index contributed by atoms with van der Waals surface area (Å²) in [5.74, 6) is -0.183. The summed E-state index contributed by atoms with van der Waals surface area (Å²) in [7, 11) is 3.59. The number of allylic oxidation sites excluding steroid dienone is 2. The Hall–Kier alpha value is -3.50. The van der Waals surface area contributed by atoms with E-state index < -0.39 is 16.9 Å². The van der Waals surface area contributed by atoms with Crippen LogP contribution in [0.15, 0.2) is 71.3 Å². The Morgan fingerprint density at radius 3 is 2.42 bits per heavy atom. The van der Waals surface area contributed by atoms with E-state index in [1.807, 2.05) is 7.05 Å². The van der Waals surface area contributed by atoms with Gasteiger partial charge in [0.1, 0.15) is 5.82 Å². The van der Waals surface area contributed by atoms with Gasteiger partial charge in [0.25, 0.3) is 0 Å². The molecule has 1 aliphatic rings. The van der Waals surface area contributed by atoms with Crippen molar-refractivity contribution < 1.29 is 18.8 Å². The van der Waals surface area contributed by atoms with Crippen LogP contribution in [0.3, 0.4) is 0 Å². The highest BCUT2D eigenvalue weighted by Gasteiger charge is 2.25. The zero-order chi connectivity index (χ0) is 29.3. The van der Waals surface area contributed by atoms with Gasteiger partial charge in [-0.3, -0.25) is 9.59 Å². The first-order chi connectivity index (χ1) is 18.9. The second-order valence-electron chi connectivity index (χ2n) is 10.3. The van der Waals surface area contributed by atoms with Gasteiger partial charge in [0.05, 0.1) is 5.69 Å². The third kappa shape index (κ3) is 9.91. The van der Waals surface area contributed by atoms with Crippen LogP contribution in [0.1, 0.15) is 45.6 Å². The predicted octanol–water partition coefficient (Wildman–Crippen LogP) is 6.02. The Kier molecular flexibility index (Phi) is 11.0. The lowest BCUT2D eigenvalue weighted by Gasteiger charge is -2.26. The summed E-state index contributed by atoms with van der Waals surface area (Å²) >= 11 is 1.05. The average Bonchev–Trinajstić information content (AvgIpc) is 2.88. The van der Waals surface area contributed by atoms with Crippen LogP contribution < -0.4 is 10.2 Å². The van der Waals surface area contributed by atoms with Gasteiger partial charge in [-0.1, -0.05) is 30.0 Å². The summed E-state index contributed by atoms with van der Waals surface area (Å²) < 4.78 is 14.0. The van der Waals surface area contributed by atoms with E-state index in [1.54, 1.807) is 49.6 Å². The first kappa shape index (κ1) is 31.0. The van der Waals surface area contributed by atoms with Gasteiger partial charge >= 0.3 is 6.03 Å². The van der Waals surface area contributed by atoms with Crippen molar-refractivity contribution in [3.63, 3.8) is 0 Å². The molecule has 0 bridgehead atoms. The molecule has 10 heteroatoms. The number of imide groups is 1. The highest BCUT2D eigenvalue weighted by molar-refractivity contribution is 8.00. The number of nitrogens with zero attached hydrogens (tertiary/aromatic N) is 4. The molecule has 214 valence electrons. The molecule has 0 spiro atoms. The molecule has 0 radical (unpaired) electrons. The van der Waals surface area contributed by atoms with Crippen LogP contribution in [0.4, 0.5) is 20.7 Å². The average molecular weight is 568 g/mol. The molecule has 0 fully saturated rings. The number of likely N-dealkylation sites (N-methyl/N-ethyl adjacent to an activating group) is 1. The number of benzene rings is 1. The van der Waals surface area contributed by atoms with Gasteiger partial charge in [-0.05, 0) is 81.3 Å². The molecule has 1 aromatic carbocycles. The van der Waals surface area contributed by atoms with Gasteiger partial charge in [0.2, 0.25) is 11.8 Å². The molecular formula is C30H38FN5O3S. The van der Waals surface area contributed by atoms with Gasteiger partial charge in [0.15, 0.2) is 5.00 Å². The van der Waals surface area contributed by atoms with Crippen LogP contribution in [0.2, 0.25) is 0 Å². The van der Waals surface area contributed by atoms with Gasteiger partial charge in [-0.15, -0.1) is 0 Å². The molecule has 8 nitrogen and oxygen atoms in total. The monoisotopic (exact) mass is 567 g/mol. The zero-order valence-corrected chi connectivity index (χ0v) is 24.6. The van der Waals surface area contributed by atoms with Crippen molar-refractivity contribution in [2.45, 2.75) is 56.5 Å². The van der Waals surface area contributed by atoms with E-state index in [4.69, 9.17) is 0 Å². The van der Waals surface area contributed by atoms with Crippen molar-refractivity contribution in [2.24, 2.45) is 0 Å². The number of rotatable bonds is 11. The van der Waals surface area contributed by atoms with Crippen LogP contribution in [0, 0.1) is 0 Å². The Bertz CT molecular complexity index is 1260. The van der Waals surface area contributed by atoms with Gasteiger partial charge in [0, 0.05) is 51.1 Å². The maximum Gasteiger partial charge on any atom is 0.331 e. The topological polar surface area (TPSA) is 85.9 Å². The fourth-order valence-corrected chi connectivity index (χ4v) is 5.03. The molecule has 1 N–H and O–H groups in total. The van der Waals surface area contributed by atoms with E-state index in [-0.39, 0.29) is 12.5 Å². The fourth-order valence-electron chi connectivity index (χ4n) is 4.20. The molecule has 0 saturated heterocycles. The number of carbonyl (C=O) groups is 3. The Morgan fingerprint density at radius 2 is 1.80 bits per heavy atom. The van der Waals surface area contributed by atoms with E-state index in [2.05, 4.69) is 33.4 Å². The first-order valence-electron chi connectivity index (χ1n) is 13.2. The van der Waals surface area contributed by atoms with Crippen molar-refractivity contribution in [2.75, 3.05) is 37.4 Å². The van der Waals surface area contributed by atoms with Crippen LogP contribution in [0.5, 0.6) is 0 Å². The minimum atomic E-state index is -1.44. The third-order valence-corrected chi connectivity index (χ3v) is 7.04. The number of anilines is 2. The van der Waals surface area contributed by atoms with Gasteiger partial charge < -0.3 is 15.1 Å². The van der Waals surface area contributed by atoms with Crippen molar-refractivity contribution in [3.8, 4) is 0 Å². The SMILES string of the molecule is CC(=O)N(C(=O)N(C)Cc1ccnc(NC(=O)CCN(C)CC2=CCCC=C2)c1)c1ccc(SC(C)(C)F)cc1. The fraction of sp³-hybridized carbons (Fsp3) is 0.400. The molecular weight excluding hydrogens is 529 g/mol. The number of thioether (sulfide) groups is 1. The number of aromatic nitrogens is 1. The molecule has 40 heavy (non-hydrogen) atoms. The number of pyridine rings is 1. The molecule has 1 aliphatic carbocycles. The lowest BCUT2D eigenvalue weighted by atomic mass is 10.1. The molecule has 2 aromatic rings. The molecule has 4 amide bonds. The van der Waals surface area contributed by atoms with E-state index in [9.17, 15) is 18.8 Å². The number of carbonyl (C=O) groups excluding carboxylic acids is 3. The van der Waals surface area contributed by atoms with Crippen molar-refractivity contribution in [3.05, 3.63) is 72.0 Å². The summed E-state index contributed by atoms with van der Waals surface area (Å²) in [6, 6.07) is 9.58. The largest absolute Gasteiger partial charge is 0.331 e. The highest BCUT2D eigenvalue weighted by Crippen LogP contribution is 2.34. The standard InChI is InChI=1S/C30H38FN5O3S/c1-22(37)36(25-11-13-26(14-12-25)40-30(2,3)31)29(39)35(5)21-24-15-17-32-27(19-24)33-28(38)16-18-34(4)20-23-9-7-6-8-10-23/h7,9-15,17,19H,6,8,16,18,20-21H2,1-5H3,(H,32,33,38). The second kappa shape index (κ2) is 14.2. The molecule has 0 unspecified atom stereocenters. The quantitative estimate of drug-likeness (QED) is 0.334. The van der Waals surface area contributed by atoms with Gasteiger partial charge in [-0.2, -0.15) is 0 Å². The molecule has 0 saturated carbocycles. The Balaban J connectivity index is 1.56. The van der Waals surface area contributed by atoms with Crippen LogP contribution in [-0.2, 0) is 16.1 Å². The number of urea groups is 1. The minimum Gasteiger partial charge on any atom is -0.323 e. The molecule has 1 heterocycles. The van der Waals surface area contributed by atoms with Crippen LogP contribution in [0.25, 0.3) is 0 Å². The highest BCUT2D eigenvalue weighted by atomic mass is 32.2. The lowest BCUT2D eigenvalue weighted by Crippen LogP contribution is -2.43. The second-order valence-corrected chi connectivity index (χ2v) is 11.9. The molecule has 1 aromatic heterocycles. The minimum absolute atomic E-state index is 0.144. The molecule has 0 aliphatic heterocycles. The van der Waals surface area contributed by atoms with E-state index in [0.29, 0.717) is 29.4 Å². The van der Waals surface area contributed by atoms with E-state index in [0.717, 1.165) is 41.6 Å². The number of hydrogen-bond donors (Lipinski definition) is 1. The van der Waals surface area contributed by atoms with Gasteiger partial charge in [-0.25, -0.2) is 19.1 Å². The predicted molar refractivity (Wildman–Crippen MR) is 159 cm³/mol. The number of halogens is 1. The van der Waals surface area contributed by atoms with Crippen molar-refractivity contribution in [1.82, 2.24) is 14.8 Å². The molecule has 3 rings (SSSR count). The summed E-state index contributed by atoms with van der Waals surface area (Å²) in [5.41, 5.74) is 2.41. The Morgan fingerprint density at radius 1 is 1.07 bits per heavy atom. The lowest BCUT2D eigenvalue weighted by molar-refractivity contribution is -0.117. The Labute approximate surface area is 240 Å². The summed E-state index contributed by atoms with van der Waals surface area (Å²) in [6.07, 6.45) is 10.6. The smallest absolute Gasteiger partial charge is 0.323 e. The molecule has 0 atom stereocenters. The number of nitrogens with one attached hydrogen (secondary N) is 1. The zero-order valence-electron chi connectivity index (χ0n) is 23.8. The number of amides is 4. The third-order valence-electron chi connectivity index (χ3n) is 6.04. The normalized spacial score (nSPS) is 13.1. The summed E-state index contributed by atoms with van der Waals surface area (Å²) in [5, 5.41) is 1.39. The maximum absolute atomic E-state index is 14.0. The first-order valence-corrected chi connectivity index (χ1v) is 14.1. The van der Waals surface area contributed by atoms with E-state index in [1.165, 1.54) is 31.2 Å². The number of hydrogen-bond acceptors (Lipinski definition) is 6. The van der Waals surface area contributed by atoms with Crippen LogP contribution >= 0.6 is 11.8 Å². The van der Waals surface area contributed by atoms with Crippen molar-refractivity contribution in [1.29, 1.82) is 0 Å². The summed E-state index contributed by atoms with van der Waals surface area (Å²) in [6.45, 7) is 5.86. The summed E-state index contributed by atoms with van der Waals surface area (Å²) in [4.78, 5) is 47.7. The maximum atomic E-state index is 14.0. The number of alkyl halides is 1. The van der Waals surface area contributed by atoms with Crippen LogP contribution in [-0.4, -0.2) is 64.8 Å². The van der Waals surface area contributed by atoms with Crippen molar-refractivity contribution >= 4 is 41.1 Å².